The van der Waals surface area contributed by atoms with Crippen LogP contribution in [0.4, 0.5) is 0 Å². The van der Waals surface area contributed by atoms with Gasteiger partial charge in [-0.25, -0.2) is 0 Å². The highest BCUT2D eigenvalue weighted by Crippen LogP contribution is 1.83. The molecule has 2 atom stereocenters. The van der Waals surface area contributed by atoms with E-state index in [4.69, 9.17) is 11.5 Å². The number of hydrogen-bond donors (Lipinski definition) is 2. The van der Waals surface area contributed by atoms with Gasteiger partial charge in [-0.3, -0.25) is 0 Å². The zero-order valence-corrected chi connectivity index (χ0v) is 7.14. The van der Waals surface area contributed by atoms with Crippen LogP contribution in [0.5, 0.6) is 0 Å². The maximum absolute atomic E-state index is 5.66. The average molecular weight is 132 g/mol. The second kappa shape index (κ2) is 4.06. The van der Waals surface area contributed by atoms with Crippen LogP contribution in [-0.4, -0.2) is 20.8 Å². The lowest BCUT2D eigenvalue weighted by Gasteiger charge is -2.08. The van der Waals surface area contributed by atoms with Crippen LogP contribution >= 0.6 is 0 Å². The van der Waals surface area contributed by atoms with Crippen molar-refractivity contribution in [3.8, 4) is 0 Å². The predicted molar refractivity (Wildman–Crippen MR) is 40.5 cm³/mol. The van der Waals surface area contributed by atoms with E-state index in [1.54, 1.807) is 0 Å². The van der Waals surface area contributed by atoms with Crippen LogP contribution in [0.1, 0.15) is 20.3 Å². The topological polar surface area (TPSA) is 52.0 Å². The van der Waals surface area contributed by atoms with Crippen LogP contribution in [0.15, 0.2) is 0 Å². The predicted octanol–water partition coefficient (Wildman–Crippen LogP) is -0.845. The highest BCUT2D eigenvalue weighted by molar-refractivity contribution is 6.39. The zero-order chi connectivity index (χ0) is 6.57. The van der Waals surface area contributed by atoms with Crippen molar-refractivity contribution in [2.45, 2.75) is 31.6 Å². The molecule has 3 heteroatoms. The van der Waals surface area contributed by atoms with Gasteiger partial charge in [0, 0.05) is 0 Å². The highest BCUT2D eigenvalue weighted by Gasteiger charge is 2.01. The Labute approximate surface area is 53.5 Å². The molecule has 0 amide bonds. The summed E-state index contributed by atoms with van der Waals surface area (Å²) in [6.45, 7) is 4.15. The first-order chi connectivity index (χ1) is 3.66. The van der Waals surface area contributed by atoms with E-state index in [-0.39, 0.29) is 9.52 Å². The Morgan fingerprint density at radius 2 is 2.00 bits per heavy atom. The molecule has 0 aliphatic carbocycles. The summed E-state index contributed by atoms with van der Waals surface area (Å²) in [5.41, 5.74) is 12.0. The first-order valence-corrected chi connectivity index (χ1v) is 4.81. The smallest absolute Gasteiger partial charge is 0.0593 e. The van der Waals surface area contributed by atoms with Gasteiger partial charge in [0.25, 0.3) is 0 Å². The molecule has 0 aliphatic heterocycles. The minimum atomic E-state index is -0.174. The van der Waals surface area contributed by atoms with Crippen LogP contribution in [0.2, 0.25) is 0 Å². The van der Waals surface area contributed by atoms with E-state index in [0.29, 0.717) is 11.3 Å². The monoisotopic (exact) mass is 132 g/mol. The van der Waals surface area contributed by atoms with Crippen molar-refractivity contribution in [3.63, 3.8) is 0 Å². The van der Waals surface area contributed by atoms with Gasteiger partial charge in [-0.2, -0.15) is 0 Å². The summed E-state index contributed by atoms with van der Waals surface area (Å²) in [6.07, 6.45) is 1.09. The van der Waals surface area contributed by atoms with Gasteiger partial charge in [0.15, 0.2) is 0 Å². The largest absolute Gasteiger partial charge is 0.331 e. The van der Waals surface area contributed by atoms with Crippen molar-refractivity contribution in [1.29, 1.82) is 0 Å². The van der Waals surface area contributed by atoms with Gasteiger partial charge in [0.05, 0.1) is 9.52 Å². The van der Waals surface area contributed by atoms with Crippen molar-refractivity contribution >= 4 is 9.52 Å². The van der Waals surface area contributed by atoms with E-state index in [0.717, 1.165) is 6.42 Å². The molecule has 4 N–H and O–H groups in total. The van der Waals surface area contributed by atoms with Gasteiger partial charge < -0.3 is 11.5 Å². The summed E-state index contributed by atoms with van der Waals surface area (Å²) < 4.78 is 0. The minimum Gasteiger partial charge on any atom is -0.331 e. The van der Waals surface area contributed by atoms with Crippen molar-refractivity contribution in [2.24, 2.45) is 11.5 Å². The summed E-state index contributed by atoms with van der Waals surface area (Å²) in [6, 6.07) is 0. The molecule has 8 heavy (non-hydrogen) atoms. The lowest BCUT2D eigenvalue weighted by atomic mass is 10.5. The van der Waals surface area contributed by atoms with E-state index in [1.807, 2.05) is 6.92 Å². The quantitative estimate of drug-likeness (QED) is 0.492. The Kier molecular flexibility index (Phi) is 4.13. The molecule has 0 saturated carbocycles. The molecule has 2 unspecified atom stereocenters. The van der Waals surface area contributed by atoms with Gasteiger partial charge in [0.2, 0.25) is 0 Å². The summed E-state index contributed by atoms with van der Waals surface area (Å²) in [4.78, 5) is 0. The number of hydrogen-bond acceptors (Lipinski definition) is 2. The molecule has 0 radical (unpaired) electrons. The highest BCUT2D eigenvalue weighted by atomic mass is 28.2. The average Bonchev–Trinajstić information content (AvgIpc) is 1.65. The molecule has 0 rings (SSSR count). The third-order valence-electron chi connectivity index (χ3n) is 1.20. The Morgan fingerprint density at radius 1 is 1.50 bits per heavy atom. The lowest BCUT2D eigenvalue weighted by Crippen LogP contribution is -2.38. The van der Waals surface area contributed by atoms with E-state index in [1.165, 1.54) is 0 Å². The van der Waals surface area contributed by atoms with Crippen LogP contribution in [0.3, 0.4) is 0 Å². The molecule has 0 bridgehead atoms. The molecular weight excluding hydrogens is 116 g/mol. The fourth-order valence-electron chi connectivity index (χ4n) is 0.644. The van der Waals surface area contributed by atoms with Crippen LogP contribution < -0.4 is 11.5 Å². The fourth-order valence-corrected chi connectivity index (χ4v) is 1.93. The lowest BCUT2D eigenvalue weighted by molar-refractivity contribution is 0.821. The standard InChI is InChI=1S/C5H16N2Si/c1-3-5(7)8-4(2)6/h4-5H,3,6-8H2,1-2H3. The molecule has 0 heterocycles. The number of nitrogens with two attached hydrogens (primary N) is 2. The van der Waals surface area contributed by atoms with Gasteiger partial charge in [-0.15, -0.1) is 0 Å². The van der Waals surface area contributed by atoms with E-state index in [9.17, 15) is 0 Å². The molecule has 0 saturated heterocycles. The normalized spacial score (nSPS) is 19.5. The van der Waals surface area contributed by atoms with Crippen LogP contribution in [-0.2, 0) is 0 Å². The van der Waals surface area contributed by atoms with Gasteiger partial charge in [0.1, 0.15) is 0 Å². The molecular formula is C5H16N2Si. The fraction of sp³-hybridized carbons (Fsp3) is 1.00. The molecule has 50 valence electrons. The third-order valence-corrected chi connectivity index (χ3v) is 3.13. The van der Waals surface area contributed by atoms with Crippen LogP contribution in [0.25, 0.3) is 0 Å². The first-order valence-electron chi connectivity index (χ1n) is 3.18. The van der Waals surface area contributed by atoms with Crippen molar-refractivity contribution in [2.75, 3.05) is 0 Å². The summed E-state index contributed by atoms with van der Waals surface area (Å²) in [5, 5.41) is 0. The molecule has 2 nitrogen and oxygen atoms in total. The Hall–Kier alpha value is 0.137. The summed E-state index contributed by atoms with van der Waals surface area (Å²) >= 11 is 0. The maximum Gasteiger partial charge on any atom is 0.0593 e. The maximum atomic E-state index is 5.66. The van der Waals surface area contributed by atoms with Gasteiger partial charge in [-0.05, 0) is 17.8 Å². The second-order valence-electron chi connectivity index (χ2n) is 2.38. The first kappa shape index (κ1) is 8.14. The van der Waals surface area contributed by atoms with E-state index < -0.39 is 0 Å². The molecule has 0 fully saturated rings. The number of rotatable bonds is 3. The molecule has 0 aromatic carbocycles. The van der Waals surface area contributed by atoms with Crippen molar-refractivity contribution in [3.05, 3.63) is 0 Å². The van der Waals surface area contributed by atoms with Crippen LogP contribution in [0, 0.1) is 0 Å². The van der Waals surface area contributed by atoms with Gasteiger partial charge in [-0.1, -0.05) is 13.8 Å². The SMILES string of the molecule is CCC(N)[SiH2]C(C)N. The zero-order valence-electron chi connectivity index (χ0n) is 5.72. The van der Waals surface area contributed by atoms with Crippen molar-refractivity contribution < 1.29 is 0 Å². The van der Waals surface area contributed by atoms with Gasteiger partial charge >= 0.3 is 0 Å². The Bertz CT molecular complexity index is 56.4. The Morgan fingerprint density at radius 3 is 2.12 bits per heavy atom. The summed E-state index contributed by atoms with van der Waals surface area (Å²) in [5.74, 6) is 0. The summed E-state index contributed by atoms with van der Waals surface area (Å²) in [7, 11) is -0.174. The van der Waals surface area contributed by atoms with E-state index >= 15 is 0 Å². The second-order valence-corrected chi connectivity index (χ2v) is 5.19. The molecule has 0 spiro atoms. The third kappa shape index (κ3) is 4.30. The van der Waals surface area contributed by atoms with Crippen molar-refractivity contribution in [1.82, 2.24) is 0 Å². The molecule has 0 aromatic rings. The molecule has 0 aliphatic rings. The Balaban J connectivity index is 3.10. The van der Waals surface area contributed by atoms with E-state index in [2.05, 4.69) is 6.92 Å². The minimum absolute atomic E-state index is 0.174. The molecule has 0 aromatic heterocycles.